The molecule has 2 nitrogen and oxygen atoms in total. The van der Waals surface area contributed by atoms with E-state index in [0.717, 1.165) is 24.9 Å². The van der Waals surface area contributed by atoms with E-state index >= 15 is 0 Å². The third-order valence-corrected chi connectivity index (χ3v) is 4.39. The number of Topliss-reactive ketones (excluding diaryl/α,β-unsaturated/α-hetero) is 1. The number of benzene rings is 1. The molecule has 0 N–H and O–H groups in total. The Morgan fingerprint density at radius 3 is 2.68 bits per heavy atom. The zero-order chi connectivity index (χ0) is 13.8. The van der Waals surface area contributed by atoms with Gasteiger partial charge in [-0.05, 0) is 56.3 Å². The summed E-state index contributed by atoms with van der Waals surface area (Å²) in [6.07, 6.45) is 4.64. The van der Waals surface area contributed by atoms with E-state index in [0.29, 0.717) is 12.6 Å². The molecular weight excluding hydrogens is 234 g/mol. The second-order valence-corrected chi connectivity index (χ2v) is 5.58. The van der Waals surface area contributed by atoms with Crippen molar-refractivity contribution >= 4 is 5.78 Å². The molecule has 2 heteroatoms. The van der Waals surface area contributed by atoms with Crippen molar-refractivity contribution in [2.24, 2.45) is 0 Å². The number of ketones is 1. The largest absolute Gasteiger partial charge is 0.293 e. The Morgan fingerprint density at radius 1 is 1.26 bits per heavy atom. The fraction of sp³-hybridized carbons (Fsp3) is 0.588. The average Bonchev–Trinajstić information content (AvgIpc) is 2.90. The first-order valence-electron chi connectivity index (χ1n) is 7.54. The molecule has 0 saturated carbocycles. The molecule has 1 aliphatic rings. The Hall–Kier alpha value is -1.15. The average molecular weight is 259 g/mol. The van der Waals surface area contributed by atoms with Gasteiger partial charge in [0.15, 0.2) is 5.78 Å². The molecule has 104 valence electrons. The third-order valence-electron chi connectivity index (χ3n) is 4.39. The lowest BCUT2D eigenvalue weighted by molar-refractivity contribution is 0.0902. The summed E-state index contributed by atoms with van der Waals surface area (Å²) in [5.41, 5.74) is 3.71. The van der Waals surface area contributed by atoms with Gasteiger partial charge in [0.2, 0.25) is 0 Å². The molecule has 1 atom stereocenters. The molecule has 0 aromatic heterocycles. The molecule has 0 heterocycles. The maximum atomic E-state index is 12.4. The minimum atomic E-state index is 0.261. The van der Waals surface area contributed by atoms with Crippen LogP contribution in [0.3, 0.4) is 0 Å². The SMILES string of the molecule is CCC(C)N(CC)CC(=O)c1ccc2c(c1)CCC2. The van der Waals surface area contributed by atoms with Crippen LogP contribution >= 0.6 is 0 Å². The van der Waals surface area contributed by atoms with Crippen molar-refractivity contribution in [3.8, 4) is 0 Å². The molecule has 0 fully saturated rings. The predicted molar refractivity (Wildman–Crippen MR) is 79.8 cm³/mol. The van der Waals surface area contributed by atoms with Crippen LogP contribution in [0.1, 0.15) is 55.1 Å². The number of likely N-dealkylation sites (N-methyl/N-ethyl adjacent to an activating group) is 1. The second kappa shape index (κ2) is 6.33. The highest BCUT2D eigenvalue weighted by atomic mass is 16.1. The van der Waals surface area contributed by atoms with Gasteiger partial charge in [0.05, 0.1) is 6.54 Å². The van der Waals surface area contributed by atoms with Crippen LogP contribution in [0.15, 0.2) is 18.2 Å². The van der Waals surface area contributed by atoms with Gasteiger partial charge in [-0.25, -0.2) is 0 Å². The Morgan fingerprint density at radius 2 is 2.00 bits per heavy atom. The van der Waals surface area contributed by atoms with Crippen LogP contribution in [-0.2, 0) is 12.8 Å². The number of nitrogens with zero attached hydrogens (tertiary/aromatic N) is 1. The van der Waals surface area contributed by atoms with Crippen molar-refractivity contribution in [3.63, 3.8) is 0 Å². The van der Waals surface area contributed by atoms with E-state index in [9.17, 15) is 4.79 Å². The van der Waals surface area contributed by atoms with Crippen molar-refractivity contribution in [2.75, 3.05) is 13.1 Å². The van der Waals surface area contributed by atoms with Crippen molar-refractivity contribution in [3.05, 3.63) is 34.9 Å². The van der Waals surface area contributed by atoms with Gasteiger partial charge < -0.3 is 0 Å². The summed E-state index contributed by atoms with van der Waals surface area (Å²) in [4.78, 5) is 14.7. The highest BCUT2D eigenvalue weighted by Gasteiger charge is 2.17. The number of aryl methyl sites for hydroxylation is 2. The summed E-state index contributed by atoms with van der Waals surface area (Å²) in [5, 5.41) is 0. The van der Waals surface area contributed by atoms with Crippen LogP contribution in [0.2, 0.25) is 0 Å². The Labute approximate surface area is 116 Å². The molecule has 0 bridgehead atoms. The summed E-state index contributed by atoms with van der Waals surface area (Å²) < 4.78 is 0. The van der Waals surface area contributed by atoms with Crippen molar-refractivity contribution in [1.82, 2.24) is 4.90 Å². The van der Waals surface area contributed by atoms with Crippen LogP contribution in [0, 0.1) is 0 Å². The van der Waals surface area contributed by atoms with E-state index in [-0.39, 0.29) is 5.78 Å². The number of rotatable bonds is 6. The molecule has 19 heavy (non-hydrogen) atoms. The standard InChI is InChI=1S/C17H25NO/c1-4-13(3)18(5-2)12-17(19)16-10-9-14-7-6-8-15(14)11-16/h9-11,13H,4-8,12H2,1-3H3. The Bertz CT molecular complexity index is 453. The van der Waals surface area contributed by atoms with Crippen LogP contribution in [0.5, 0.6) is 0 Å². The molecule has 1 unspecified atom stereocenters. The quantitative estimate of drug-likeness (QED) is 0.729. The van der Waals surface area contributed by atoms with E-state index < -0.39 is 0 Å². The number of hydrogen-bond donors (Lipinski definition) is 0. The van der Waals surface area contributed by atoms with Crippen LogP contribution < -0.4 is 0 Å². The van der Waals surface area contributed by atoms with Crippen LogP contribution in [0.4, 0.5) is 0 Å². The summed E-state index contributed by atoms with van der Waals surface area (Å²) in [5.74, 6) is 0.261. The number of carbonyl (C=O) groups is 1. The van der Waals surface area contributed by atoms with E-state index in [1.54, 1.807) is 0 Å². The first-order valence-corrected chi connectivity index (χ1v) is 7.54. The highest BCUT2D eigenvalue weighted by Crippen LogP contribution is 2.23. The van der Waals surface area contributed by atoms with E-state index in [2.05, 4.69) is 37.8 Å². The highest BCUT2D eigenvalue weighted by molar-refractivity contribution is 5.97. The lowest BCUT2D eigenvalue weighted by atomic mass is 10.0. The summed E-state index contributed by atoms with van der Waals surface area (Å²) in [7, 11) is 0. The van der Waals surface area contributed by atoms with Gasteiger partial charge >= 0.3 is 0 Å². The fourth-order valence-corrected chi connectivity index (χ4v) is 2.86. The molecule has 0 aliphatic heterocycles. The molecule has 0 radical (unpaired) electrons. The first-order chi connectivity index (χ1) is 9.15. The normalized spacial score (nSPS) is 15.6. The van der Waals surface area contributed by atoms with Crippen molar-refractivity contribution in [1.29, 1.82) is 0 Å². The smallest absolute Gasteiger partial charge is 0.176 e. The number of hydrogen-bond acceptors (Lipinski definition) is 2. The summed E-state index contributed by atoms with van der Waals surface area (Å²) in [6, 6.07) is 6.75. The van der Waals surface area contributed by atoms with Crippen LogP contribution in [0.25, 0.3) is 0 Å². The van der Waals surface area contributed by atoms with E-state index in [4.69, 9.17) is 0 Å². The molecule has 1 aliphatic carbocycles. The lowest BCUT2D eigenvalue weighted by Crippen LogP contribution is -2.36. The molecule has 0 saturated heterocycles. The maximum absolute atomic E-state index is 12.4. The molecule has 1 aromatic rings. The van der Waals surface area contributed by atoms with Gasteiger partial charge in [0, 0.05) is 11.6 Å². The van der Waals surface area contributed by atoms with Gasteiger partial charge in [-0.3, -0.25) is 9.69 Å². The lowest BCUT2D eigenvalue weighted by Gasteiger charge is -2.26. The van der Waals surface area contributed by atoms with Crippen LogP contribution in [-0.4, -0.2) is 29.8 Å². The summed E-state index contributed by atoms with van der Waals surface area (Å²) >= 11 is 0. The molecule has 0 spiro atoms. The van der Waals surface area contributed by atoms with Gasteiger partial charge in [-0.2, -0.15) is 0 Å². The van der Waals surface area contributed by atoms with E-state index in [1.807, 2.05) is 6.07 Å². The number of carbonyl (C=O) groups excluding carboxylic acids is 1. The Kier molecular flexibility index (Phi) is 4.76. The zero-order valence-electron chi connectivity index (χ0n) is 12.4. The van der Waals surface area contributed by atoms with Crippen molar-refractivity contribution in [2.45, 2.75) is 52.5 Å². The zero-order valence-corrected chi connectivity index (χ0v) is 12.4. The van der Waals surface area contributed by atoms with Crippen molar-refractivity contribution < 1.29 is 4.79 Å². The molecular formula is C17H25NO. The summed E-state index contributed by atoms with van der Waals surface area (Å²) in [6.45, 7) is 7.98. The predicted octanol–water partition coefficient (Wildman–Crippen LogP) is 3.48. The number of fused-ring (bicyclic) bond motifs is 1. The van der Waals surface area contributed by atoms with Gasteiger partial charge in [0.25, 0.3) is 0 Å². The monoisotopic (exact) mass is 259 g/mol. The minimum absolute atomic E-state index is 0.261. The van der Waals surface area contributed by atoms with Gasteiger partial charge in [-0.1, -0.05) is 26.0 Å². The van der Waals surface area contributed by atoms with E-state index in [1.165, 1.54) is 24.0 Å². The van der Waals surface area contributed by atoms with Gasteiger partial charge in [0.1, 0.15) is 0 Å². The molecule has 0 amide bonds. The fourth-order valence-electron chi connectivity index (χ4n) is 2.86. The third kappa shape index (κ3) is 3.24. The van der Waals surface area contributed by atoms with Gasteiger partial charge in [-0.15, -0.1) is 0 Å². The Balaban J connectivity index is 2.07. The first kappa shape index (κ1) is 14.3. The maximum Gasteiger partial charge on any atom is 0.176 e. The second-order valence-electron chi connectivity index (χ2n) is 5.58. The molecule has 1 aromatic carbocycles. The molecule has 2 rings (SSSR count). The topological polar surface area (TPSA) is 20.3 Å². The minimum Gasteiger partial charge on any atom is -0.293 e.